The van der Waals surface area contributed by atoms with Crippen molar-refractivity contribution >= 4 is 21.8 Å². The van der Waals surface area contributed by atoms with Gasteiger partial charge in [-0.2, -0.15) is 0 Å². The summed E-state index contributed by atoms with van der Waals surface area (Å²) in [5.74, 6) is 0.642. The van der Waals surface area contributed by atoms with Crippen LogP contribution in [0.15, 0.2) is 47.1 Å². The van der Waals surface area contributed by atoms with E-state index in [9.17, 15) is 4.79 Å². The van der Waals surface area contributed by atoms with Gasteiger partial charge >= 0.3 is 0 Å². The fraction of sp³-hybridized carbons (Fsp3) is 0.400. The summed E-state index contributed by atoms with van der Waals surface area (Å²) in [6.07, 6.45) is 2.49. The first-order valence-corrected chi connectivity index (χ1v) is 9.31. The molecule has 4 nitrogen and oxygen atoms in total. The maximum atomic E-state index is 12.7. The van der Waals surface area contributed by atoms with Gasteiger partial charge in [0, 0.05) is 24.7 Å². The molecular weight excluding hydrogens is 380 g/mol. The van der Waals surface area contributed by atoms with Gasteiger partial charge in [-0.25, -0.2) is 4.98 Å². The van der Waals surface area contributed by atoms with Crippen LogP contribution >= 0.6 is 15.9 Å². The van der Waals surface area contributed by atoms with Crippen molar-refractivity contribution in [2.45, 2.75) is 38.7 Å². The fourth-order valence-electron chi connectivity index (χ4n) is 2.92. The van der Waals surface area contributed by atoms with Gasteiger partial charge in [0.25, 0.3) is 5.91 Å². The predicted octanol–water partition coefficient (Wildman–Crippen LogP) is 4.44. The van der Waals surface area contributed by atoms with Crippen LogP contribution in [0.4, 0.5) is 0 Å². The highest BCUT2D eigenvalue weighted by molar-refractivity contribution is 9.10. The number of ether oxygens (including phenoxy) is 1. The molecule has 1 aromatic carbocycles. The number of nitrogens with zero attached hydrogens (tertiary/aromatic N) is 2. The predicted molar refractivity (Wildman–Crippen MR) is 102 cm³/mol. The summed E-state index contributed by atoms with van der Waals surface area (Å²) in [6.45, 7) is 7.80. The molecule has 1 aromatic heterocycles. The van der Waals surface area contributed by atoms with Crippen molar-refractivity contribution in [2.24, 2.45) is 0 Å². The summed E-state index contributed by atoms with van der Waals surface area (Å²) < 4.78 is 6.77. The average molecular weight is 403 g/mol. The summed E-state index contributed by atoms with van der Waals surface area (Å²) >= 11 is 3.44. The molecule has 1 saturated heterocycles. The average Bonchev–Trinajstić information content (AvgIpc) is 3.04. The Bertz CT molecular complexity index is 753. The second kappa shape index (κ2) is 7.16. The number of halogens is 1. The van der Waals surface area contributed by atoms with Gasteiger partial charge in [-0.15, -0.1) is 0 Å². The number of hydrogen-bond donors (Lipinski definition) is 0. The minimum absolute atomic E-state index is 0.0241. The molecule has 1 aliphatic heterocycles. The van der Waals surface area contributed by atoms with Crippen LogP contribution in [0.2, 0.25) is 0 Å². The molecule has 5 heteroatoms. The molecule has 1 fully saturated rings. The number of hydrogen-bond acceptors (Lipinski definition) is 3. The lowest BCUT2D eigenvalue weighted by Crippen LogP contribution is -2.31. The fourth-order valence-corrected chi connectivity index (χ4v) is 3.27. The van der Waals surface area contributed by atoms with Gasteiger partial charge in [-0.05, 0) is 51.2 Å². The lowest BCUT2D eigenvalue weighted by molar-refractivity contribution is 0.0771. The normalized spacial score (nSPS) is 17.6. The first-order chi connectivity index (χ1) is 11.8. The van der Waals surface area contributed by atoms with Crippen LogP contribution in [0.5, 0.6) is 5.88 Å². The van der Waals surface area contributed by atoms with Crippen molar-refractivity contribution in [3.8, 4) is 5.88 Å². The SMILES string of the molecule is CC(C)(C)c1ccc(C(=O)N2CCC(Oc3ncccc3Br)C2)cc1. The Kier molecular flexibility index (Phi) is 5.13. The van der Waals surface area contributed by atoms with E-state index in [1.807, 2.05) is 41.3 Å². The number of aromatic nitrogens is 1. The number of rotatable bonds is 3. The van der Waals surface area contributed by atoms with Crippen molar-refractivity contribution in [2.75, 3.05) is 13.1 Å². The Morgan fingerprint density at radius 3 is 2.60 bits per heavy atom. The third kappa shape index (κ3) is 4.21. The summed E-state index contributed by atoms with van der Waals surface area (Å²) in [6, 6.07) is 11.7. The molecule has 2 heterocycles. The van der Waals surface area contributed by atoms with Crippen LogP contribution in [0.3, 0.4) is 0 Å². The summed E-state index contributed by atoms with van der Waals surface area (Å²) in [4.78, 5) is 18.8. The quantitative estimate of drug-likeness (QED) is 0.761. The van der Waals surface area contributed by atoms with Gasteiger partial charge in [0.1, 0.15) is 6.10 Å². The molecule has 2 aromatic rings. The zero-order chi connectivity index (χ0) is 18.0. The first-order valence-electron chi connectivity index (χ1n) is 8.51. The van der Waals surface area contributed by atoms with E-state index in [0.29, 0.717) is 19.0 Å². The van der Waals surface area contributed by atoms with Gasteiger partial charge in [0.05, 0.1) is 11.0 Å². The minimum atomic E-state index is -0.0241. The Morgan fingerprint density at radius 1 is 1.24 bits per heavy atom. The molecule has 0 radical (unpaired) electrons. The second-order valence-corrected chi connectivity index (χ2v) is 8.25. The van der Waals surface area contributed by atoms with Crippen molar-refractivity contribution in [1.29, 1.82) is 0 Å². The minimum Gasteiger partial charge on any atom is -0.472 e. The van der Waals surface area contributed by atoms with E-state index < -0.39 is 0 Å². The van der Waals surface area contributed by atoms with Gasteiger partial charge in [0.15, 0.2) is 0 Å². The molecule has 1 amide bonds. The molecule has 25 heavy (non-hydrogen) atoms. The van der Waals surface area contributed by atoms with Gasteiger partial charge < -0.3 is 9.64 Å². The molecule has 1 aliphatic rings. The highest BCUT2D eigenvalue weighted by atomic mass is 79.9. The largest absolute Gasteiger partial charge is 0.472 e. The van der Waals surface area contributed by atoms with Crippen molar-refractivity contribution in [1.82, 2.24) is 9.88 Å². The van der Waals surface area contributed by atoms with E-state index in [-0.39, 0.29) is 17.4 Å². The Balaban J connectivity index is 1.63. The summed E-state index contributed by atoms with van der Waals surface area (Å²) in [5, 5.41) is 0. The third-order valence-electron chi connectivity index (χ3n) is 4.43. The van der Waals surface area contributed by atoms with E-state index in [4.69, 9.17) is 4.74 Å². The van der Waals surface area contributed by atoms with Gasteiger partial charge in [-0.3, -0.25) is 4.79 Å². The number of likely N-dealkylation sites (tertiary alicyclic amines) is 1. The molecule has 1 atom stereocenters. The highest BCUT2D eigenvalue weighted by Crippen LogP contribution is 2.26. The van der Waals surface area contributed by atoms with Crippen LogP contribution in [0.1, 0.15) is 43.1 Å². The molecule has 132 valence electrons. The maximum absolute atomic E-state index is 12.7. The maximum Gasteiger partial charge on any atom is 0.253 e. The Hall–Kier alpha value is -1.88. The molecule has 0 saturated carbocycles. The second-order valence-electron chi connectivity index (χ2n) is 7.40. The molecule has 0 aliphatic carbocycles. The van der Waals surface area contributed by atoms with E-state index in [1.165, 1.54) is 5.56 Å². The summed E-state index contributed by atoms with van der Waals surface area (Å²) in [7, 11) is 0. The van der Waals surface area contributed by atoms with Crippen LogP contribution in [0.25, 0.3) is 0 Å². The van der Waals surface area contributed by atoms with Crippen molar-refractivity contribution in [3.05, 3.63) is 58.2 Å². The van der Waals surface area contributed by atoms with E-state index in [2.05, 4.69) is 41.7 Å². The molecule has 1 unspecified atom stereocenters. The topological polar surface area (TPSA) is 42.4 Å². The zero-order valence-corrected chi connectivity index (χ0v) is 16.4. The Labute approximate surface area is 157 Å². The molecule has 3 rings (SSSR count). The van der Waals surface area contributed by atoms with Crippen LogP contribution in [-0.2, 0) is 5.41 Å². The smallest absolute Gasteiger partial charge is 0.253 e. The van der Waals surface area contributed by atoms with E-state index in [1.54, 1.807) is 6.20 Å². The lowest BCUT2D eigenvalue weighted by atomic mass is 9.86. The van der Waals surface area contributed by atoms with Crippen molar-refractivity contribution < 1.29 is 9.53 Å². The molecular formula is C20H23BrN2O2. The van der Waals surface area contributed by atoms with Gasteiger partial charge in [0.2, 0.25) is 5.88 Å². The Morgan fingerprint density at radius 2 is 1.96 bits per heavy atom. The van der Waals surface area contributed by atoms with Crippen LogP contribution in [0, 0.1) is 0 Å². The first kappa shape index (κ1) is 17.9. The number of benzene rings is 1. The van der Waals surface area contributed by atoms with E-state index in [0.717, 1.165) is 16.5 Å². The standard InChI is InChI=1S/C20H23BrN2O2/c1-20(2,3)15-8-6-14(7-9-15)19(24)23-12-10-16(13-23)25-18-17(21)5-4-11-22-18/h4-9,11,16H,10,12-13H2,1-3H3. The van der Waals surface area contributed by atoms with E-state index >= 15 is 0 Å². The van der Waals surface area contributed by atoms with Crippen LogP contribution in [-0.4, -0.2) is 35.0 Å². The number of carbonyl (C=O) groups is 1. The third-order valence-corrected chi connectivity index (χ3v) is 5.04. The number of pyridine rings is 1. The highest BCUT2D eigenvalue weighted by Gasteiger charge is 2.29. The zero-order valence-electron chi connectivity index (χ0n) is 14.8. The monoisotopic (exact) mass is 402 g/mol. The molecule has 0 N–H and O–H groups in total. The lowest BCUT2D eigenvalue weighted by Gasteiger charge is -2.20. The van der Waals surface area contributed by atoms with Gasteiger partial charge in [-0.1, -0.05) is 32.9 Å². The number of amides is 1. The molecule has 0 bridgehead atoms. The van der Waals surface area contributed by atoms with Crippen LogP contribution < -0.4 is 4.74 Å². The number of carbonyl (C=O) groups excluding carboxylic acids is 1. The van der Waals surface area contributed by atoms with Crippen molar-refractivity contribution in [3.63, 3.8) is 0 Å². The summed E-state index contributed by atoms with van der Waals surface area (Å²) in [5.41, 5.74) is 2.05. The molecule has 0 spiro atoms.